The van der Waals surface area contributed by atoms with Gasteiger partial charge in [-0.1, -0.05) is 72.3 Å². The second-order valence-corrected chi connectivity index (χ2v) is 9.54. The molecule has 3 aromatic carbocycles. The molecule has 0 bridgehead atoms. The zero-order valence-corrected chi connectivity index (χ0v) is 18.2. The first-order valence-electron chi connectivity index (χ1n) is 9.98. The fourth-order valence-corrected chi connectivity index (χ4v) is 4.57. The lowest BCUT2D eigenvalue weighted by molar-refractivity contribution is -0.128. The number of ether oxygens (including phenoxy) is 1. The largest absolute Gasteiger partial charge is 0.476 e. The molecule has 1 aliphatic heterocycles. The molecule has 0 saturated heterocycles. The van der Waals surface area contributed by atoms with Crippen molar-refractivity contribution in [2.75, 3.05) is 17.1 Å². The minimum Gasteiger partial charge on any atom is -0.476 e. The smallest absolute Gasteiger partial charge is 0.263 e. The molecule has 0 fully saturated rings. The zero-order chi connectivity index (χ0) is 22.0. The number of benzene rings is 3. The Bertz CT molecular complexity index is 1180. The van der Waals surface area contributed by atoms with Crippen LogP contribution < -0.4 is 14.4 Å². The lowest BCUT2D eigenvalue weighted by Crippen LogP contribution is -2.51. The molecule has 1 aliphatic rings. The summed E-state index contributed by atoms with van der Waals surface area (Å²) >= 11 is 0. The summed E-state index contributed by atoms with van der Waals surface area (Å²) in [5.74, 6) is -0.0106. The molecule has 0 spiro atoms. The molecular formula is C24H24N2O4S. The number of carbonyl (C=O) groups is 1. The minimum absolute atomic E-state index is 0.0862. The van der Waals surface area contributed by atoms with Gasteiger partial charge in [0.15, 0.2) is 6.10 Å². The highest BCUT2D eigenvalue weighted by atomic mass is 32.2. The summed E-state index contributed by atoms with van der Waals surface area (Å²) in [6.07, 6.45) is 0.157. The van der Waals surface area contributed by atoms with Gasteiger partial charge in [0.05, 0.1) is 24.5 Å². The van der Waals surface area contributed by atoms with Crippen molar-refractivity contribution in [3.05, 3.63) is 95.6 Å². The SMILES string of the molecule is Cc1ccc([C@@H](NC(=O)[C@H]2CN(S(C)(=O)=O)c3ccccc3O2)c2ccccc2)cc1. The van der Waals surface area contributed by atoms with E-state index >= 15 is 0 Å². The lowest BCUT2D eigenvalue weighted by Gasteiger charge is -2.34. The van der Waals surface area contributed by atoms with Crippen LogP contribution in [0.2, 0.25) is 0 Å². The number of rotatable bonds is 5. The van der Waals surface area contributed by atoms with Gasteiger partial charge in [0, 0.05) is 0 Å². The van der Waals surface area contributed by atoms with Gasteiger partial charge in [0.2, 0.25) is 10.0 Å². The highest BCUT2D eigenvalue weighted by Crippen LogP contribution is 2.35. The Morgan fingerprint density at radius 2 is 1.58 bits per heavy atom. The topological polar surface area (TPSA) is 75.7 Å². The monoisotopic (exact) mass is 436 g/mol. The average molecular weight is 437 g/mol. The molecule has 1 amide bonds. The van der Waals surface area contributed by atoms with Crippen LogP contribution >= 0.6 is 0 Å². The molecule has 0 radical (unpaired) electrons. The van der Waals surface area contributed by atoms with E-state index in [4.69, 9.17) is 4.74 Å². The number of para-hydroxylation sites is 2. The van der Waals surface area contributed by atoms with Crippen LogP contribution in [-0.4, -0.2) is 33.2 Å². The van der Waals surface area contributed by atoms with Gasteiger partial charge in [0.1, 0.15) is 5.75 Å². The van der Waals surface area contributed by atoms with Gasteiger partial charge in [-0.05, 0) is 30.2 Å². The maximum absolute atomic E-state index is 13.2. The Morgan fingerprint density at radius 3 is 2.26 bits per heavy atom. The van der Waals surface area contributed by atoms with Crippen molar-refractivity contribution < 1.29 is 17.9 Å². The first kappa shape index (κ1) is 20.9. The van der Waals surface area contributed by atoms with E-state index < -0.39 is 16.1 Å². The summed E-state index contributed by atoms with van der Waals surface area (Å²) in [6.45, 7) is 1.92. The van der Waals surface area contributed by atoms with E-state index in [9.17, 15) is 13.2 Å². The van der Waals surface area contributed by atoms with Crippen LogP contribution in [0.5, 0.6) is 5.75 Å². The van der Waals surface area contributed by atoms with Gasteiger partial charge >= 0.3 is 0 Å². The van der Waals surface area contributed by atoms with E-state index in [0.29, 0.717) is 11.4 Å². The third-order valence-corrected chi connectivity index (χ3v) is 6.40. The van der Waals surface area contributed by atoms with Crippen molar-refractivity contribution in [2.45, 2.75) is 19.1 Å². The van der Waals surface area contributed by atoms with Crippen LogP contribution in [0.4, 0.5) is 5.69 Å². The predicted molar refractivity (Wildman–Crippen MR) is 121 cm³/mol. The number of fused-ring (bicyclic) bond motifs is 1. The molecule has 4 rings (SSSR count). The van der Waals surface area contributed by atoms with Gasteiger partial charge in [-0.2, -0.15) is 0 Å². The van der Waals surface area contributed by atoms with Crippen LogP contribution in [0.15, 0.2) is 78.9 Å². The number of carbonyl (C=O) groups excluding carboxylic acids is 1. The van der Waals surface area contributed by atoms with Gasteiger partial charge in [0.25, 0.3) is 5.91 Å². The third-order valence-electron chi connectivity index (χ3n) is 5.26. The summed E-state index contributed by atoms with van der Waals surface area (Å²) in [6, 6.07) is 24.0. The summed E-state index contributed by atoms with van der Waals surface area (Å²) < 4.78 is 31.8. The molecule has 0 aliphatic carbocycles. The first-order chi connectivity index (χ1) is 14.8. The van der Waals surface area contributed by atoms with E-state index in [1.807, 2.05) is 61.5 Å². The van der Waals surface area contributed by atoms with E-state index in [1.165, 1.54) is 4.31 Å². The van der Waals surface area contributed by atoms with Gasteiger partial charge in [-0.25, -0.2) is 8.42 Å². The number of hydrogen-bond donors (Lipinski definition) is 1. The highest BCUT2D eigenvalue weighted by Gasteiger charge is 2.35. The summed E-state index contributed by atoms with van der Waals surface area (Å²) in [4.78, 5) is 13.2. The number of aryl methyl sites for hydroxylation is 1. The molecule has 3 aromatic rings. The number of amides is 1. The normalized spacial score (nSPS) is 16.7. The van der Waals surface area contributed by atoms with Crippen LogP contribution in [0.3, 0.4) is 0 Å². The van der Waals surface area contributed by atoms with E-state index in [1.54, 1.807) is 24.3 Å². The number of hydrogen-bond acceptors (Lipinski definition) is 4. The first-order valence-corrected chi connectivity index (χ1v) is 11.8. The Labute approximate surface area is 182 Å². The van der Waals surface area contributed by atoms with Crippen molar-refractivity contribution in [3.63, 3.8) is 0 Å². The van der Waals surface area contributed by atoms with Crippen molar-refractivity contribution in [2.24, 2.45) is 0 Å². The van der Waals surface area contributed by atoms with Crippen molar-refractivity contribution >= 4 is 21.6 Å². The van der Waals surface area contributed by atoms with Crippen molar-refractivity contribution in [3.8, 4) is 5.75 Å². The number of sulfonamides is 1. The van der Waals surface area contributed by atoms with Crippen LogP contribution in [0, 0.1) is 6.92 Å². The molecule has 160 valence electrons. The zero-order valence-electron chi connectivity index (χ0n) is 17.4. The van der Waals surface area contributed by atoms with Gasteiger partial charge < -0.3 is 10.1 Å². The highest BCUT2D eigenvalue weighted by molar-refractivity contribution is 7.92. The van der Waals surface area contributed by atoms with Gasteiger partial charge in [-0.3, -0.25) is 9.10 Å². The molecule has 0 saturated carbocycles. The number of anilines is 1. The molecule has 1 heterocycles. The van der Waals surface area contributed by atoms with Crippen LogP contribution in [0.1, 0.15) is 22.7 Å². The summed E-state index contributed by atoms with van der Waals surface area (Å²) in [5, 5.41) is 3.06. The van der Waals surface area contributed by atoms with Crippen LogP contribution in [0.25, 0.3) is 0 Å². The van der Waals surface area contributed by atoms with E-state index in [0.717, 1.165) is 22.9 Å². The number of nitrogens with zero attached hydrogens (tertiary/aromatic N) is 1. The third kappa shape index (κ3) is 4.56. The molecule has 31 heavy (non-hydrogen) atoms. The van der Waals surface area contributed by atoms with Crippen molar-refractivity contribution in [1.29, 1.82) is 0 Å². The molecule has 0 aromatic heterocycles. The minimum atomic E-state index is -3.57. The van der Waals surface area contributed by atoms with Gasteiger partial charge in [-0.15, -0.1) is 0 Å². The Morgan fingerprint density at radius 1 is 0.968 bits per heavy atom. The number of nitrogens with one attached hydrogen (secondary N) is 1. The molecule has 7 heteroatoms. The quantitative estimate of drug-likeness (QED) is 0.665. The molecule has 2 atom stereocenters. The second kappa shape index (κ2) is 8.43. The molecule has 6 nitrogen and oxygen atoms in total. The fourth-order valence-electron chi connectivity index (χ4n) is 3.65. The lowest BCUT2D eigenvalue weighted by atomic mass is 9.97. The Hall–Kier alpha value is -3.32. The Balaban J connectivity index is 1.64. The standard InChI is InChI=1S/C24H24N2O4S/c1-17-12-14-19(15-13-17)23(18-8-4-3-5-9-18)25-24(27)22-16-26(31(2,28)29)20-10-6-7-11-21(20)30-22/h3-15,22-23H,16H2,1-2H3,(H,25,27)/t22-,23+/m1/s1. The summed E-state index contributed by atoms with van der Waals surface area (Å²) in [5.41, 5.74) is 3.42. The Kier molecular flexibility index (Phi) is 5.69. The fraction of sp³-hybridized carbons (Fsp3) is 0.208. The van der Waals surface area contributed by atoms with Crippen molar-refractivity contribution in [1.82, 2.24) is 5.32 Å². The second-order valence-electron chi connectivity index (χ2n) is 7.63. The van der Waals surface area contributed by atoms with E-state index in [-0.39, 0.29) is 18.5 Å². The predicted octanol–water partition coefficient (Wildman–Crippen LogP) is 3.43. The maximum atomic E-state index is 13.2. The van der Waals surface area contributed by atoms with Crippen LogP contribution in [-0.2, 0) is 14.8 Å². The van der Waals surface area contributed by atoms with E-state index in [2.05, 4.69) is 5.32 Å². The molecule has 0 unspecified atom stereocenters. The maximum Gasteiger partial charge on any atom is 0.263 e. The molecular weight excluding hydrogens is 412 g/mol. The summed E-state index contributed by atoms with van der Waals surface area (Å²) in [7, 11) is -3.57. The average Bonchev–Trinajstić information content (AvgIpc) is 2.77. The molecule has 1 N–H and O–H groups in total.